The third kappa shape index (κ3) is 2.70. The van der Waals surface area contributed by atoms with Gasteiger partial charge in [0.15, 0.2) is 0 Å². The Morgan fingerprint density at radius 1 is 0.486 bits per heavy atom. The Kier molecular flexibility index (Phi) is 2.59. The van der Waals surface area contributed by atoms with Crippen LogP contribution < -0.4 is 0 Å². The van der Waals surface area contributed by atoms with Crippen LogP contribution in [0.3, 0.4) is 0 Å². The second-order valence-electron chi connectivity index (χ2n) is 8.61. The Labute approximate surface area is 220 Å². The lowest BCUT2D eigenvalue weighted by Gasteiger charge is -2.22. The minimum absolute atomic E-state index is 0.0915. The van der Waals surface area contributed by atoms with Gasteiger partial charge >= 0.3 is 0 Å². The molecule has 0 nitrogen and oxygen atoms in total. The molecule has 0 aliphatic carbocycles. The van der Waals surface area contributed by atoms with Crippen molar-refractivity contribution < 1.29 is 12.3 Å². The molecule has 7 aromatic rings. The van der Waals surface area contributed by atoms with E-state index in [1.165, 1.54) is 0 Å². The summed E-state index contributed by atoms with van der Waals surface area (Å²) in [4.78, 5) is 0.399. The van der Waals surface area contributed by atoms with Crippen LogP contribution in [0.15, 0.2) is 131 Å². The summed E-state index contributed by atoms with van der Waals surface area (Å²) in [7, 11) is 0. The summed E-state index contributed by atoms with van der Waals surface area (Å²) >= 11 is 0.969. The maximum absolute atomic E-state index is 9.40. The minimum atomic E-state index is -0.456. The van der Waals surface area contributed by atoms with E-state index in [1.807, 2.05) is 60.7 Å². The van der Waals surface area contributed by atoms with Gasteiger partial charge in [0.25, 0.3) is 0 Å². The van der Waals surface area contributed by atoms with Gasteiger partial charge in [0, 0.05) is 15.2 Å². The van der Waals surface area contributed by atoms with Gasteiger partial charge in [-0.15, -0.1) is 0 Å². The van der Waals surface area contributed by atoms with Crippen LogP contribution in [0, 0.1) is 0 Å². The molecule has 0 N–H and O–H groups in total. The molecule has 0 amide bonds. The lowest BCUT2D eigenvalue weighted by atomic mass is 9.86. The molecule has 0 aromatic heterocycles. The van der Waals surface area contributed by atoms with Crippen molar-refractivity contribution >= 4 is 54.9 Å². The third-order valence-electron chi connectivity index (χ3n) is 6.78. The van der Waals surface area contributed by atoms with E-state index in [2.05, 4.69) is 6.07 Å². The van der Waals surface area contributed by atoms with Crippen molar-refractivity contribution in [1.29, 1.82) is 0 Å². The highest BCUT2D eigenvalue weighted by Crippen LogP contribution is 2.51. The average Bonchev–Trinajstić information content (AvgIpc) is 3.04. The van der Waals surface area contributed by atoms with Crippen LogP contribution >= 0.6 is 11.8 Å². The number of hydrogen-bond donors (Lipinski definition) is 0. The molecule has 1 aliphatic heterocycles. The van der Waals surface area contributed by atoms with Crippen molar-refractivity contribution in [2.24, 2.45) is 0 Å². The zero-order chi connectivity index (χ0) is 30.8. The van der Waals surface area contributed by atoms with Crippen LogP contribution in [0.4, 0.5) is 0 Å². The molecule has 0 radical (unpaired) electrons. The zero-order valence-corrected chi connectivity index (χ0v) is 19.1. The molecular formula is C34H20S. The van der Waals surface area contributed by atoms with Crippen LogP contribution in [-0.4, -0.2) is 0 Å². The summed E-state index contributed by atoms with van der Waals surface area (Å²) < 4.78 is 79.5. The van der Waals surface area contributed by atoms with E-state index >= 15 is 0 Å². The summed E-state index contributed by atoms with van der Waals surface area (Å²) in [6, 6.07) is 19.0. The predicted molar refractivity (Wildman–Crippen MR) is 151 cm³/mol. The fourth-order valence-corrected chi connectivity index (χ4v) is 6.23. The predicted octanol–water partition coefficient (Wildman–Crippen LogP) is 10.1. The van der Waals surface area contributed by atoms with Crippen LogP contribution in [0.2, 0.25) is 0 Å². The Balaban J connectivity index is 1.65. The monoisotopic (exact) mass is 469 g/mol. The third-order valence-corrected chi connectivity index (χ3v) is 7.80. The van der Waals surface area contributed by atoms with E-state index < -0.39 is 18.1 Å². The minimum Gasteiger partial charge on any atom is -0.0888 e. The smallest absolute Gasteiger partial charge is 0.0635 e. The van der Waals surface area contributed by atoms with E-state index in [4.69, 9.17) is 8.22 Å². The van der Waals surface area contributed by atoms with Gasteiger partial charge in [-0.1, -0.05) is 115 Å². The molecule has 8 rings (SSSR count). The Morgan fingerprint density at radius 2 is 1.29 bits per heavy atom. The van der Waals surface area contributed by atoms with E-state index in [0.717, 1.165) is 44.1 Å². The lowest BCUT2D eigenvalue weighted by molar-refractivity contribution is 1.40. The molecule has 1 heterocycles. The molecule has 1 aliphatic rings. The molecule has 0 unspecified atom stereocenters. The van der Waals surface area contributed by atoms with Crippen LogP contribution in [0.25, 0.3) is 65.3 Å². The average molecular weight is 470 g/mol. The van der Waals surface area contributed by atoms with Gasteiger partial charge in [-0.25, -0.2) is 0 Å². The number of hydrogen-bond acceptors (Lipinski definition) is 1. The normalized spacial score (nSPS) is 16.1. The molecular weight excluding hydrogens is 440 g/mol. The summed E-state index contributed by atoms with van der Waals surface area (Å²) in [6.07, 6.45) is 0. The molecule has 7 aromatic carbocycles. The van der Waals surface area contributed by atoms with Gasteiger partial charge in [-0.3, -0.25) is 0 Å². The fraction of sp³-hybridized carbons (Fsp3) is 0. The number of rotatable bonds is 1. The molecule has 0 saturated carbocycles. The van der Waals surface area contributed by atoms with Crippen molar-refractivity contribution in [1.82, 2.24) is 0 Å². The van der Waals surface area contributed by atoms with Crippen molar-refractivity contribution in [3.63, 3.8) is 0 Å². The molecule has 0 spiro atoms. The number of benzene rings is 7. The second kappa shape index (κ2) is 7.21. The second-order valence-corrected chi connectivity index (χ2v) is 9.64. The van der Waals surface area contributed by atoms with Gasteiger partial charge in [0.2, 0.25) is 0 Å². The summed E-state index contributed by atoms with van der Waals surface area (Å²) in [5.41, 5.74) is 1.14. The van der Waals surface area contributed by atoms with Crippen molar-refractivity contribution in [3.8, 4) is 22.3 Å². The highest BCUT2D eigenvalue weighted by molar-refractivity contribution is 7.99. The van der Waals surface area contributed by atoms with Gasteiger partial charge in [-0.05, 0) is 78.1 Å². The van der Waals surface area contributed by atoms with Crippen LogP contribution in [-0.2, 0) is 0 Å². The highest BCUT2D eigenvalue weighted by Gasteiger charge is 2.22. The summed E-state index contributed by atoms with van der Waals surface area (Å²) in [5.74, 6) is 0. The fourth-order valence-electron chi connectivity index (χ4n) is 5.26. The first-order chi connectivity index (χ1) is 21.1. The van der Waals surface area contributed by atoms with E-state index in [1.54, 1.807) is 0 Å². The highest BCUT2D eigenvalue weighted by atomic mass is 32.2. The molecule has 0 bridgehead atoms. The van der Waals surface area contributed by atoms with Gasteiger partial charge in [0.05, 0.1) is 12.3 Å². The largest absolute Gasteiger partial charge is 0.0888 e. The standard InChI is InChI=1S/C34H20S/c1-3-10-23-21(8-1)16-17-29-30(23)20-22-9-2-4-11-24(22)33(29)28-18-19-32-34-26(13-7-14-27(28)34)25-12-5-6-15-31(25)35-32/h1-20H/i5D,6D,7D,12D,13D,14D,15D,18D,19D. The quantitative estimate of drug-likeness (QED) is 0.170. The summed E-state index contributed by atoms with van der Waals surface area (Å²) in [6.45, 7) is 0. The first-order valence-corrected chi connectivity index (χ1v) is 12.1. The molecule has 1 heteroatoms. The Bertz CT molecular complexity index is 2470. The molecule has 0 saturated heterocycles. The van der Waals surface area contributed by atoms with Crippen molar-refractivity contribution in [2.45, 2.75) is 9.79 Å². The van der Waals surface area contributed by atoms with Crippen molar-refractivity contribution in [3.05, 3.63) is 121 Å². The zero-order valence-electron chi connectivity index (χ0n) is 27.3. The topological polar surface area (TPSA) is 0 Å². The lowest BCUT2D eigenvalue weighted by Crippen LogP contribution is -1.95. The number of fused-ring (bicyclic) bond motifs is 6. The van der Waals surface area contributed by atoms with Crippen molar-refractivity contribution in [2.75, 3.05) is 0 Å². The molecule has 162 valence electrons. The van der Waals surface area contributed by atoms with Crippen LogP contribution in [0.1, 0.15) is 12.3 Å². The first-order valence-electron chi connectivity index (χ1n) is 15.8. The van der Waals surface area contributed by atoms with E-state index in [-0.39, 0.29) is 62.6 Å². The Hall–Kier alpha value is -4.07. The molecule has 0 atom stereocenters. The Morgan fingerprint density at radius 3 is 2.23 bits per heavy atom. The SMILES string of the molecule is [2H]c1c([2H])c([2H])c2c(c1[2H])Sc1c([2H])c([2H])c(-c3c4ccccc4cc4c3ccc3ccccc34)c3c([2H])c([2H])c([2H])c-2c13. The van der Waals surface area contributed by atoms with E-state index in [9.17, 15) is 4.11 Å². The maximum atomic E-state index is 9.40. The van der Waals surface area contributed by atoms with Crippen LogP contribution in [0.5, 0.6) is 0 Å². The maximum Gasteiger partial charge on any atom is 0.0635 e. The molecule has 35 heavy (non-hydrogen) atoms. The molecule has 0 fully saturated rings. The van der Waals surface area contributed by atoms with E-state index in [0.29, 0.717) is 16.5 Å². The van der Waals surface area contributed by atoms with Gasteiger partial charge < -0.3 is 0 Å². The summed E-state index contributed by atoms with van der Waals surface area (Å²) in [5, 5.41) is 6.07. The van der Waals surface area contributed by atoms with Gasteiger partial charge in [0.1, 0.15) is 0 Å². The first kappa shape index (κ1) is 12.6. The van der Waals surface area contributed by atoms with Gasteiger partial charge in [-0.2, -0.15) is 0 Å².